The summed E-state index contributed by atoms with van der Waals surface area (Å²) in [5.41, 5.74) is -0.260. The van der Waals surface area contributed by atoms with E-state index in [2.05, 4.69) is 9.72 Å². The molecule has 1 amide bonds. The van der Waals surface area contributed by atoms with Crippen molar-refractivity contribution in [2.45, 2.75) is 13.5 Å². The molecule has 0 N–H and O–H groups in total. The molecular weight excluding hydrogens is 294 g/mol. The summed E-state index contributed by atoms with van der Waals surface area (Å²) in [7, 11) is 1.26. The predicted octanol–water partition coefficient (Wildman–Crippen LogP) is 0.479. The molecule has 0 radical (unpaired) electrons. The molecule has 0 aliphatic rings. The number of nitrogens with zero attached hydrogens (tertiary/aromatic N) is 3. The first kappa shape index (κ1) is 15.2. The molecule has 8 heteroatoms. The highest BCUT2D eigenvalue weighted by Gasteiger charge is 2.17. The lowest BCUT2D eigenvalue weighted by molar-refractivity contribution is -0.147. The van der Waals surface area contributed by atoms with E-state index in [0.29, 0.717) is 16.8 Å². The number of carbonyl (C=O) groups excluding carboxylic acids is 2. The molecule has 0 saturated carbocycles. The molecule has 2 aromatic rings. The van der Waals surface area contributed by atoms with Gasteiger partial charge in [-0.1, -0.05) is 0 Å². The molecule has 0 fully saturated rings. The van der Waals surface area contributed by atoms with Gasteiger partial charge in [0.1, 0.15) is 17.9 Å². The monoisotopic (exact) mass is 309 g/mol. The Hall–Kier alpha value is -2.22. The fraction of sp³-hybridized carbons (Fsp3) is 0.385. The van der Waals surface area contributed by atoms with Gasteiger partial charge in [0.2, 0.25) is 5.91 Å². The first-order chi connectivity index (χ1) is 10.1. The van der Waals surface area contributed by atoms with E-state index >= 15 is 0 Å². The molecule has 0 bridgehead atoms. The number of methoxy groups -OCH3 is 1. The average molecular weight is 309 g/mol. The number of hydrogen-bond donors (Lipinski definition) is 0. The van der Waals surface area contributed by atoms with Crippen molar-refractivity contribution in [2.24, 2.45) is 0 Å². The van der Waals surface area contributed by atoms with Crippen molar-refractivity contribution in [1.82, 2.24) is 14.5 Å². The number of hydrogen-bond acceptors (Lipinski definition) is 6. The van der Waals surface area contributed by atoms with Gasteiger partial charge >= 0.3 is 5.97 Å². The van der Waals surface area contributed by atoms with Gasteiger partial charge in [0, 0.05) is 6.54 Å². The maximum atomic E-state index is 12.2. The summed E-state index contributed by atoms with van der Waals surface area (Å²) in [4.78, 5) is 41.7. The van der Waals surface area contributed by atoms with Crippen molar-refractivity contribution in [3.05, 3.63) is 28.1 Å². The number of thiophene rings is 1. The van der Waals surface area contributed by atoms with Crippen LogP contribution in [0.15, 0.2) is 22.6 Å². The van der Waals surface area contributed by atoms with Gasteiger partial charge in [-0.25, -0.2) is 4.98 Å². The van der Waals surface area contributed by atoms with Gasteiger partial charge < -0.3 is 9.64 Å². The van der Waals surface area contributed by atoms with Crippen LogP contribution in [0.2, 0.25) is 0 Å². The fourth-order valence-electron chi connectivity index (χ4n) is 1.85. The number of esters is 1. The van der Waals surface area contributed by atoms with Gasteiger partial charge in [-0.05, 0) is 18.4 Å². The zero-order chi connectivity index (χ0) is 15.4. The van der Waals surface area contributed by atoms with Gasteiger partial charge in [0.25, 0.3) is 5.56 Å². The number of amides is 1. The third-order valence-corrected chi connectivity index (χ3v) is 3.86. The lowest BCUT2D eigenvalue weighted by Gasteiger charge is -2.19. The third-order valence-electron chi connectivity index (χ3n) is 3.04. The number of carbonyl (C=O) groups is 2. The highest BCUT2D eigenvalue weighted by Crippen LogP contribution is 2.13. The quantitative estimate of drug-likeness (QED) is 0.750. The maximum Gasteiger partial charge on any atom is 0.325 e. The van der Waals surface area contributed by atoms with Crippen LogP contribution in [0.1, 0.15) is 6.92 Å². The highest BCUT2D eigenvalue weighted by atomic mass is 32.1. The molecule has 2 heterocycles. The number of aromatic nitrogens is 2. The standard InChI is InChI=1S/C13H15N3O4S/c1-3-15(7-11(18)20-2)10(17)6-16-8-14-12-9(13(16)19)4-5-21-12/h4-5,8H,3,6-7H2,1-2H3. The van der Waals surface area contributed by atoms with Crippen LogP contribution in [-0.2, 0) is 20.9 Å². The van der Waals surface area contributed by atoms with E-state index < -0.39 is 5.97 Å². The van der Waals surface area contributed by atoms with Crippen LogP contribution in [0.4, 0.5) is 0 Å². The second-order valence-electron chi connectivity index (χ2n) is 4.30. The van der Waals surface area contributed by atoms with Crippen molar-refractivity contribution in [2.75, 3.05) is 20.2 Å². The Labute approximate surface area is 124 Å². The van der Waals surface area contributed by atoms with Crippen LogP contribution in [-0.4, -0.2) is 46.5 Å². The summed E-state index contributed by atoms with van der Waals surface area (Å²) in [5, 5.41) is 2.27. The Bertz CT molecular complexity index is 722. The van der Waals surface area contributed by atoms with E-state index in [-0.39, 0.29) is 24.6 Å². The minimum absolute atomic E-state index is 0.130. The summed E-state index contributed by atoms with van der Waals surface area (Å²) < 4.78 is 5.79. The molecule has 0 atom stereocenters. The van der Waals surface area contributed by atoms with Crippen molar-refractivity contribution < 1.29 is 14.3 Å². The van der Waals surface area contributed by atoms with Gasteiger partial charge in [-0.2, -0.15) is 0 Å². The summed E-state index contributed by atoms with van der Waals surface area (Å²) >= 11 is 1.37. The van der Waals surface area contributed by atoms with Gasteiger partial charge in [-0.15, -0.1) is 11.3 Å². The summed E-state index contributed by atoms with van der Waals surface area (Å²) in [6, 6.07) is 1.68. The SMILES string of the molecule is CCN(CC(=O)OC)C(=O)Cn1cnc2sccc2c1=O. The molecule has 0 aromatic carbocycles. The second-order valence-corrected chi connectivity index (χ2v) is 5.20. The molecular formula is C13H15N3O4S. The molecule has 0 saturated heterocycles. The van der Waals surface area contributed by atoms with Gasteiger partial charge in [0.15, 0.2) is 0 Å². The maximum absolute atomic E-state index is 12.2. The molecule has 2 aromatic heterocycles. The van der Waals surface area contributed by atoms with Crippen LogP contribution < -0.4 is 5.56 Å². The van der Waals surface area contributed by atoms with Crippen LogP contribution in [0.5, 0.6) is 0 Å². The Morgan fingerprint density at radius 2 is 2.24 bits per heavy atom. The highest BCUT2D eigenvalue weighted by molar-refractivity contribution is 7.16. The summed E-state index contributed by atoms with van der Waals surface area (Å²) in [5.74, 6) is -0.828. The van der Waals surface area contributed by atoms with Crippen molar-refractivity contribution in [3.63, 3.8) is 0 Å². The molecule has 0 aliphatic heterocycles. The molecule has 112 valence electrons. The van der Waals surface area contributed by atoms with E-state index in [1.807, 2.05) is 0 Å². The molecule has 21 heavy (non-hydrogen) atoms. The zero-order valence-electron chi connectivity index (χ0n) is 11.7. The van der Waals surface area contributed by atoms with Crippen molar-refractivity contribution in [1.29, 1.82) is 0 Å². The topological polar surface area (TPSA) is 81.5 Å². The van der Waals surface area contributed by atoms with Crippen LogP contribution in [0, 0.1) is 0 Å². The zero-order valence-corrected chi connectivity index (χ0v) is 12.6. The fourth-order valence-corrected chi connectivity index (χ4v) is 2.57. The molecule has 2 rings (SSSR count). The van der Waals surface area contributed by atoms with Crippen LogP contribution in [0.25, 0.3) is 10.2 Å². The summed E-state index contributed by atoms with van der Waals surface area (Å²) in [6.45, 7) is 1.83. The van der Waals surface area contributed by atoms with Crippen LogP contribution >= 0.6 is 11.3 Å². The van der Waals surface area contributed by atoms with E-state index in [9.17, 15) is 14.4 Å². The largest absolute Gasteiger partial charge is 0.468 e. The Kier molecular flexibility index (Phi) is 4.69. The van der Waals surface area contributed by atoms with Gasteiger partial charge in [-0.3, -0.25) is 19.0 Å². The second kappa shape index (κ2) is 6.49. The number of fused-ring (bicyclic) bond motifs is 1. The number of rotatable bonds is 5. The first-order valence-electron chi connectivity index (χ1n) is 6.34. The Balaban J connectivity index is 2.18. The van der Waals surface area contributed by atoms with Crippen molar-refractivity contribution in [3.8, 4) is 0 Å². The number of likely N-dealkylation sites (N-methyl/N-ethyl adjacent to an activating group) is 1. The minimum atomic E-state index is -0.496. The Morgan fingerprint density at radius 3 is 2.90 bits per heavy atom. The van der Waals surface area contributed by atoms with E-state index in [1.54, 1.807) is 18.4 Å². The molecule has 7 nitrogen and oxygen atoms in total. The Morgan fingerprint density at radius 1 is 1.48 bits per heavy atom. The molecule has 0 spiro atoms. The van der Waals surface area contributed by atoms with Gasteiger partial charge in [0.05, 0.1) is 18.8 Å². The number of ether oxygens (including phenoxy) is 1. The first-order valence-corrected chi connectivity index (χ1v) is 7.22. The van der Waals surface area contributed by atoms with E-state index in [0.717, 1.165) is 0 Å². The van der Waals surface area contributed by atoms with Crippen molar-refractivity contribution >= 4 is 33.4 Å². The predicted molar refractivity (Wildman–Crippen MR) is 78.2 cm³/mol. The average Bonchev–Trinajstić information content (AvgIpc) is 2.96. The van der Waals surface area contributed by atoms with E-state index in [4.69, 9.17) is 0 Å². The molecule has 0 unspecified atom stereocenters. The minimum Gasteiger partial charge on any atom is -0.468 e. The normalized spacial score (nSPS) is 10.6. The smallest absolute Gasteiger partial charge is 0.325 e. The van der Waals surface area contributed by atoms with E-state index in [1.165, 1.54) is 34.2 Å². The molecule has 0 aliphatic carbocycles. The third kappa shape index (κ3) is 3.27. The lowest BCUT2D eigenvalue weighted by Crippen LogP contribution is -2.39. The summed E-state index contributed by atoms with van der Waals surface area (Å²) in [6.07, 6.45) is 1.35. The van der Waals surface area contributed by atoms with Crippen LogP contribution in [0.3, 0.4) is 0 Å². The lowest BCUT2D eigenvalue weighted by atomic mass is 10.4.